The third-order valence-corrected chi connectivity index (χ3v) is 4.72. The van der Waals surface area contributed by atoms with E-state index in [-0.39, 0.29) is 6.61 Å². The number of ether oxygens (including phenoxy) is 2. The Morgan fingerprint density at radius 2 is 2.25 bits per heavy atom. The van der Waals surface area contributed by atoms with E-state index in [1.54, 1.807) is 7.11 Å². The predicted molar refractivity (Wildman–Crippen MR) is 84.0 cm³/mol. The molecule has 0 amide bonds. The highest BCUT2D eigenvalue weighted by atomic mass is 32.2. The first kappa shape index (κ1) is 15.3. The molecule has 0 saturated heterocycles. The maximum atomic E-state index is 9.33. The van der Waals surface area contributed by atoms with Crippen LogP contribution in [-0.4, -0.2) is 36.4 Å². The lowest BCUT2D eigenvalue weighted by atomic mass is 9.92. The minimum atomic E-state index is 0.199. The average Bonchev–Trinajstić information content (AvgIpc) is 2.99. The summed E-state index contributed by atoms with van der Waals surface area (Å²) in [5.74, 6) is 2.91. The molecule has 0 bridgehead atoms. The average molecular weight is 294 g/mol. The number of rotatable bonds is 7. The van der Waals surface area contributed by atoms with Crippen LogP contribution in [0.4, 0.5) is 0 Å². The number of hydrogen-bond donors (Lipinski definition) is 1. The number of methoxy groups -OCH3 is 1. The Morgan fingerprint density at radius 3 is 2.85 bits per heavy atom. The molecule has 0 aliphatic carbocycles. The Hall–Kier alpha value is -1.13. The summed E-state index contributed by atoms with van der Waals surface area (Å²) in [6.07, 6.45) is 5.21. The van der Waals surface area contributed by atoms with Gasteiger partial charge in [0.25, 0.3) is 0 Å². The van der Waals surface area contributed by atoms with Crippen LogP contribution in [0.5, 0.6) is 11.5 Å². The second-order valence-corrected chi connectivity index (χ2v) is 5.90. The van der Waals surface area contributed by atoms with Crippen molar-refractivity contribution in [2.75, 3.05) is 26.1 Å². The molecule has 0 saturated carbocycles. The molecule has 20 heavy (non-hydrogen) atoms. The molecule has 0 fully saturated rings. The molecule has 1 aromatic carbocycles. The van der Waals surface area contributed by atoms with Gasteiger partial charge in [0.05, 0.1) is 13.7 Å². The quantitative estimate of drug-likeness (QED) is 0.784. The van der Waals surface area contributed by atoms with E-state index in [1.807, 2.05) is 30.8 Å². The zero-order valence-corrected chi connectivity index (χ0v) is 12.9. The number of aliphatic hydroxyl groups excluding tert-OH is 1. The van der Waals surface area contributed by atoms with Crippen LogP contribution in [0.2, 0.25) is 0 Å². The van der Waals surface area contributed by atoms with Gasteiger partial charge in [-0.1, -0.05) is 18.2 Å². The highest BCUT2D eigenvalue weighted by Gasteiger charge is 2.24. The summed E-state index contributed by atoms with van der Waals surface area (Å²) in [5, 5.41) is 9.77. The minimum Gasteiger partial charge on any atom is -0.493 e. The van der Waals surface area contributed by atoms with Crippen molar-refractivity contribution in [2.45, 2.75) is 24.5 Å². The number of aliphatic hydroxyl groups is 1. The van der Waals surface area contributed by atoms with Crippen LogP contribution in [0.3, 0.4) is 0 Å². The molecular weight excluding hydrogens is 272 g/mol. The van der Waals surface area contributed by atoms with Gasteiger partial charge in [-0.15, -0.1) is 11.8 Å². The molecule has 2 atom stereocenters. The largest absolute Gasteiger partial charge is 0.493 e. The Balaban J connectivity index is 2.25. The zero-order valence-electron chi connectivity index (χ0n) is 12.0. The van der Waals surface area contributed by atoms with Crippen LogP contribution in [0.15, 0.2) is 30.4 Å². The molecule has 2 unspecified atom stereocenters. The summed E-state index contributed by atoms with van der Waals surface area (Å²) in [6, 6.07) is 6.09. The number of hydrogen-bond acceptors (Lipinski definition) is 4. The van der Waals surface area contributed by atoms with Crippen LogP contribution < -0.4 is 9.47 Å². The van der Waals surface area contributed by atoms with E-state index in [0.717, 1.165) is 23.7 Å². The van der Waals surface area contributed by atoms with Gasteiger partial charge in [-0.05, 0) is 31.0 Å². The standard InChI is InChI=1S/C16H22O3S/c1-3-19-14-7-6-12(11-15(14)18-2)13(8-9-17)16-5-4-10-20-16/h4-7,11,13,16-17H,3,8-10H2,1-2H3. The second kappa shape index (κ2) is 7.60. The SMILES string of the molecule is CCOc1ccc(C(CCO)C2C=CCS2)cc1OC. The lowest BCUT2D eigenvalue weighted by Crippen LogP contribution is -2.13. The fourth-order valence-corrected chi connectivity index (χ4v) is 3.70. The minimum absolute atomic E-state index is 0.199. The predicted octanol–water partition coefficient (Wildman–Crippen LogP) is 3.23. The van der Waals surface area contributed by atoms with Crippen molar-refractivity contribution in [3.63, 3.8) is 0 Å². The summed E-state index contributed by atoms with van der Waals surface area (Å²) in [5.41, 5.74) is 1.20. The van der Waals surface area contributed by atoms with Gasteiger partial charge in [-0.3, -0.25) is 0 Å². The van der Waals surface area contributed by atoms with Gasteiger partial charge in [0.2, 0.25) is 0 Å². The van der Waals surface area contributed by atoms with Gasteiger partial charge in [0.1, 0.15) is 0 Å². The van der Waals surface area contributed by atoms with Crippen LogP contribution >= 0.6 is 11.8 Å². The third-order valence-electron chi connectivity index (χ3n) is 3.46. The smallest absolute Gasteiger partial charge is 0.161 e. The Labute approximate surface area is 125 Å². The van der Waals surface area contributed by atoms with Gasteiger partial charge in [0.15, 0.2) is 11.5 Å². The normalized spacial score (nSPS) is 19.1. The van der Waals surface area contributed by atoms with Crippen molar-refractivity contribution in [3.05, 3.63) is 35.9 Å². The maximum Gasteiger partial charge on any atom is 0.161 e. The van der Waals surface area contributed by atoms with E-state index in [1.165, 1.54) is 5.56 Å². The highest BCUT2D eigenvalue weighted by molar-refractivity contribution is 8.00. The van der Waals surface area contributed by atoms with E-state index in [4.69, 9.17) is 9.47 Å². The molecule has 1 aliphatic heterocycles. The van der Waals surface area contributed by atoms with Gasteiger partial charge in [0, 0.05) is 23.5 Å². The zero-order chi connectivity index (χ0) is 14.4. The first-order valence-corrected chi connectivity index (χ1v) is 8.04. The van der Waals surface area contributed by atoms with Crippen LogP contribution in [0.1, 0.15) is 24.8 Å². The molecule has 1 heterocycles. The third kappa shape index (κ3) is 3.49. The van der Waals surface area contributed by atoms with Gasteiger partial charge < -0.3 is 14.6 Å². The van der Waals surface area contributed by atoms with Crippen molar-refractivity contribution in [3.8, 4) is 11.5 Å². The molecule has 0 aromatic heterocycles. The van der Waals surface area contributed by atoms with Crippen LogP contribution in [-0.2, 0) is 0 Å². The van der Waals surface area contributed by atoms with Crippen molar-refractivity contribution >= 4 is 11.8 Å². The lowest BCUT2D eigenvalue weighted by Gasteiger charge is -2.22. The van der Waals surface area contributed by atoms with Crippen LogP contribution in [0.25, 0.3) is 0 Å². The van der Waals surface area contributed by atoms with Crippen molar-refractivity contribution in [1.82, 2.24) is 0 Å². The maximum absolute atomic E-state index is 9.33. The number of thioether (sulfide) groups is 1. The molecule has 3 nitrogen and oxygen atoms in total. The van der Waals surface area contributed by atoms with Gasteiger partial charge in [-0.25, -0.2) is 0 Å². The summed E-state index contributed by atoms with van der Waals surface area (Å²) in [4.78, 5) is 0. The fourth-order valence-electron chi connectivity index (χ4n) is 2.51. The first-order chi connectivity index (χ1) is 9.80. The molecule has 110 valence electrons. The molecule has 0 radical (unpaired) electrons. The first-order valence-electron chi connectivity index (χ1n) is 7.00. The topological polar surface area (TPSA) is 38.7 Å². The molecule has 4 heteroatoms. The Bertz CT molecular complexity index is 459. The van der Waals surface area contributed by atoms with Crippen molar-refractivity contribution in [2.24, 2.45) is 0 Å². The molecule has 2 rings (SSSR count). The van der Waals surface area contributed by atoms with Gasteiger partial charge >= 0.3 is 0 Å². The second-order valence-electron chi connectivity index (χ2n) is 4.69. The number of benzene rings is 1. The van der Waals surface area contributed by atoms with Crippen molar-refractivity contribution in [1.29, 1.82) is 0 Å². The van der Waals surface area contributed by atoms with E-state index in [9.17, 15) is 5.11 Å². The Kier molecular flexibility index (Phi) is 5.80. The molecule has 1 N–H and O–H groups in total. The highest BCUT2D eigenvalue weighted by Crippen LogP contribution is 2.39. The fraction of sp³-hybridized carbons (Fsp3) is 0.500. The lowest BCUT2D eigenvalue weighted by molar-refractivity contribution is 0.276. The van der Waals surface area contributed by atoms with E-state index in [0.29, 0.717) is 17.8 Å². The molecule has 1 aromatic rings. The summed E-state index contributed by atoms with van der Waals surface area (Å²) in [7, 11) is 1.66. The summed E-state index contributed by atoms with van der Waals surface area (Å²) in [6.45, 7) is 2.78. The molecule has 1 aliphatic rings. The Morgan fingerprint density at radius 1 is 1.40 bits per heavy atom. The van der Waals surface area contributed by atoms with Crippen molar-refractivity contribution < 1.29 is 14.6 Å². The summed E-state index contributed by atoms with van der Waals surface area (Å²) >= 11 is 1.92. The van der Waals surface area contributed by atoms with E-state index < -0.39 is 0 Å². The van der Waals surface area contributed by atoms with Gasteiger partial charge in [-0.2, -0.15) is 0 Å². The van der Waals surface area contributed by atoms with Crippen LogP contribution in [0, 0.1) is 0 Å². The van der Waals surface area contributed by atoms with E-state index in [2.05, 4.69) is 18.2 Å². The monoisotopic (exact) mass is 294 g/mol. The summed E-state index contributed by atoms with van der Waals surface area (Å²) < 4.78 is 11.0. The molecular formula is C16H22O3S. The molecule has 0 spiro atoms. The van der Waals surface area contributed by atoms with E-state index >= 15 is 0 Å².